The maximum Gasteiger partial charge on any atom is 0.240 e. The van der Waals surface area contributed by atoms with E-state index in [4.69, 9.17) is 16.3 Å². The average Bonchev–Trinajstić information content (AvgIpc) is 2.92. The quantitative estimate of drug-likeness (QED) is 0.687. The predicted molar refractivity (Wildman–Crippen MR) is 99.9 cm³/mol. The molecule has 7 heteroatoms. The summed E-state index contributed by atoms with van der Waals surface area (Å²) in [5.41, 5.74) is 2.94. The maximum atomic E-state index is 12.4. The van der Waals surface area contributed by atoms with Crippen molar-refractivity contribution >= 4 is 32.5 Å². The zero-order valence-corrected chi connectivity index (χ0v) is 15.5. The second-order valence-electron chi connectivity index (χ2n) is 5.71. The van der Waals surface area contributed by atoms with Gasteiger partial charge in [0, 0.05) is 17.6 Å². The maximum absolute atomic E-state index is 12.4. The number of nitrogens with one attached hydrogen (secondary N) is 2. The van der Waals surface area contributed by atoms with Crippen LogP contribution in [0.4, 0.5) is 0 Å². The predicted octanol–water partition coefficient (Wildman–Crippen LogP) is 3.66. The fourth-order valence-corrected chi connectivity index (χ4v) is 4.09. The third kappa shape index (κ3) is 3.66. The van der Waals surface area contributed by atoms with Crippen molar-refractivity contribution in [2.75, 3.05) is 13.7 Å². The van der Waals surface area contributed by atoms with Crippen molar-refractivity contribution in [2.45, 2.75) is 18.2 Å². The summed E-state index contributed by atoms with van der Waals surface area (Å²) in [6, 6.07) is 12.0. The lowest BCUT2D eigenvalue weighted by molar-refractivity contribution is 0.414. The Morgan fingerprint density at radius 1 is 1.16 bits per heavy atom. The minimum Gasteiger partial charge on any atom is -0.497 e. The van der Waals surface area contributed by atoms with Gasteiger partial charge >= 0.3 is 0 Å². The zero-order chi connectivity index (χ0) is 18.0. The number of rotatable bonds is 6. The molecule has 2 aromatic carbocycles. The Morgan fingerprint density at radius 2 is 1.88 bits per heavy atom. The molecule has 132 valence electrons. The number of fused-ring (bicyclic) bond motifs is 1. The minimum absolute atomic E-state index is 0.215. The number of benzene rings is 2. The van der Waals surface area contributed by atoms with Crippen LogP contribution in [0.15, 0.2) is 47.4 Å². The first-order chi connectivity index (χ1) is 11.9. The molecular weight excluding hydrogens is 360 g/mol. The molecule has 0 aliphatic carbocycles. The van der Waals surface area contributed by atoms with Gasteiger partial charge in [0.1, 0.15) is 5.75 Å². The summed E-state index contributed by atoms with van der Waals surface area (Å²) in [6.07, 6.45) is 0.571. The van der Waals surface area contributed by atoms with E-state index in [0.717, 1.165) is 22.2 Å². The molecule has 0 fully saturated rings. The van der Waals surface area contributed by atoms with E-state index >= 15 is 0 Å². The van der Waals surface area contributed by atoms with Crippen molar-refractivity contribution in [3.05, 3.63) is 58.7 Å². The van der Waals surface area contributed by atoms with Crippen molar-refractivity contribution < 1.29 is 13.2 Å². The molecule has 0 amide bonds. The molecule has 3 rings (SSSR count). The highest BCUT2D eigenvalue weighted by atomic mass is 35.5. The van der Waals surface area contributed by atoms with Crippen LogP contribution in [0.25, 0.3) is 10.9 Å². The third-order valence-corrected chi connectivity index (χ3v) is 5.93. The summed E-state index contributed by atoms with van der Waals surface area (Å²) in [7, 11) is -2.02. The van der Waals surface area contributed by atoms with Crippen LogP contribution < -0.4 is 9.46 Å². The second-order valence-corrected chi connectivity index (χ2v) is 7.89. The lowest BCUT2D eigenvalue weighted by atomic mass is 10.1. The summed E-state index contributed by atoms with van der Waals surface area (Å²) < 4.78 is 32.5. The Morgan fingerprint density at radius 3 is 2.56 bits per heavy atom. The van der Waals surface area contributed by atoms with Crippen molar-refractivity contribution in [2.24, 2.45) is 0 Å². The average molecular weight is 379 g/mol. The van der Waals surface area contributed by atoms with Gasteiger partial charge in [-0.2, -0.15) is 0 Å². The Hall–Kier alpha value is -2.02. The molecule has 3 aromatic rings. The van der Waals surface area contributed by atoms with Gasteiger partial charge in [0.2, 0.25) is 10.0 Å². The van der Waals surface area contributed by atoms with Crippen LogP contribution in [0.1, 0.15) is 11.3 Å². The fraction of sp³-hybridized carbons (Fsp3) is 0.222. The molecule has 1 heterocycles. The van der Waals surface area contributed by atoms with Crippen LogP contribution in [-0.4, -0.2) is 27.1 Å². The zero-order valence-electron chi connectivity index (χ0n) is 14.0. The van der Waals surface area contributed by atoms with Gasteiger partial charge in [-0.25, -0.2) is 13.1 Å². The molecule has 5 nitrogen and oxygen atoms in total. The van der Waals surface area contributed by atoms with E-state index in [1.807, 2.05) is 25.1 Å². The molecule has 0 unspecified atom stereocenters. The van der Waals surface area contributed by atoms with Crippen LogP contribution in [0, 0.1) is 6.92 Å². The standard InChI is InChI=1S/C18H19ClN2O3S/c1-12-15(16-4-3-5-17(19)18(16)21-12)10-11-20-25(22,23)14-8-6-13(24-2)7-9-14/h3-9,20-21H,10-11H2,1-2H3. The van der Waals surface area contributed by atoms with E-state index in [2.05, 4.69) is 9.71 Å². The van der Waals surface area contributed by atoms with Gasteiger partial charge in [0.15, 0.2) is 0 Å². The first kappa shape index (κ1) is 17.8. The Labute approximate surface area is 152 Å². The number of hydrogen-bond donors (Lipinski definition) is 2. The van der Waals surface area contributed by atoms with Crippen LogP contribution in [0.3, 0.4) is 0 Å². The van der Waals surface area contributed by atoms with E-state index in [0.29, 0.717) is 23.7 Å². The molecule has 0 saturated carbocycles. The van der Waals surface area contributed by atoms with Crippen molar-refractivity contribution in [3.63, 3.8) is 0 Å². The number of aryl methyl sites for hydroxylation is 1. The van der Waals surface area contributed by atoms with Crippen LogP contribution in [0.2, 0.25) is 5.02 Å². The van der Waals surface area contributed by atoms with Crippen molar-refractivity contribution in [1.82, 2.24) is 9.71 Å². The fourth-order valence-electron chi connectivity index (χ4n) is 2.84. The summed E-state index contributed by atoms with van der Waals surface area (Å²) in [5, 5.41) is 1.68. The van der Waals surface area contributed by atoms with Gasteiger partial charge in [-0.15, -0.1) is 0 Å². The number of ether oxygens (including phenoxy) is 1. The van der Waals surface area contributed by atoms with Crippen LogP contribution in [0.5, 0.6) is 5.75 Å². The molecule has 0 aliphatic rings. The van der Waals surface area contributed by atoms with Gasteiger partial charge in [-0.1, -0.05) is 23.7 Å². The Kier molecular flexibility index (Phi) is 5.03. The monoisotopic (exact) mass is 378 g/mol. The van der Waals surface area contributed by atoms with Gasteiger partial charge in [0.25, 0.3) is 0 Å². The molecule has 0 radical (unpaired) electrons. The molecule has 0 spiro atoms. The lowest BCUT2D eigenvalue weighted by Gasteiger charge is -2.08. The third-order valence-electron chi connectivity index (χ3n) is 4.14. The molecule has 0 atom stereocenters. The van der Waals surface area contributed by atoms with Gasteiger partial charge < -0.3 is 9.72 Å². The van der Waals surface area contributed by atoms with Crippen molar-refractivity contribution in [3.8, 4) is 5.75 Å². The number of sulfonamides is 1. The van der Waals surface area contributed by atoms with E-state index in [-0.39, 0.29) is 4.90 Å². The number of methoxy groups -OCH3 is 1. The number of aromatic nitrogens is 1. The number of H-pyrrole nitrogens is 1. The second kappa shape index (κ2) is 7.07. The number of halogens is 1. The van der Waals surface area contributed by atoms with E-state index < -0.39 is 10.0 Å². The highest BCUT2D eigenvalue weighted by Gasteiger charge is 2.15. The van der Waals surface area contributed by atoms with Crippen molar-refractivity contribution in [1.29, 1.82) is 0 Å². The van der Waals surface area contributed by atoms with E-state index in [9.17, 15) is 8.42 Å². The summed E-state index contributed by atoms with van der Waals surface area (Å²) in [5.74, 6) is 0.616. The van der Waals surface area contributed by atoms with Crippen LogP contribution >= 0.6 is 11.6 Å². The van der Waals surface area contributed by atoms with E-state index in [1.54, 1.807) is 12.1 Å². The Balaban J connectivity index is 1.74. The lowest BCUT2D eigenvalue weighted by Crippen LogP contribution is -2.26. The van der Waals surface area contributed by atoms with Crippen LogP contribution in [-0.2, 0) is 16.4 Å². The van der Waals surface area contributed by atoms with Gasteiger partial charge in [-0.3, -0.25) is 0 Å². The van der Waals surface area contributed by atoms with Gasteiger partial charge in [0.05, 0.1) is 22.5 Å². The van der Waals surface area contributed by atoms with E-state index in [1.165, 1.54) is 19.2 Å². The minimum atomic E-state index is -3.55. The highest BCUT2D eigenvalue weighted by molar-refractivity contribution is 7.89. The number of para-hydroxylation sites is 1. The summed E-state index contributed by atoms with van der Waals surface area (Å²) in [6.45, 7) is 2.26. The SMILES string of the molecule is COc1ccc(S(=O)(=O)NCCc2c(C)[nH]c3c(Cl)cccc23)cc1. The molecule has 1 aromatic heterocycles. The molecule has 2 N–H and O–H groups in total. The van der Waals surface area contributed by atoms with Gasteiger partial charge in [-0.05, 0) is 49.2 Å². The summed E-state index contributed by atoms with van der Waals surface area (Å²) >= 11 is 6.20. The molecule has 0 aliphatic heterocycles. The first-order valence-corrected chi connectivity index (χ1v) is 9.68. The molecule has 0 saturated heterocycles. The molecular formula is C18H19ClN2O3S. The largest absolute Gasteiger partial charge is 0.497 e. The summed E-state index contributed by atoms with van der Waals surface area (Å²) in [4.78, 5) is 3.48. The highest BCUT2D eigenvalue weighted by Crippen LogP contribution is 2.28. The molecule has 0 bridgehead atoms. The molecule has 25 heavy (non-hydrogen) atoms. The Bertz CT molecular complexity index is 995. The topological polar surface area (TPSA) is 71.2 Å². The first-order valence-electron chi connectivity index (χ1n) is 7.82. The number of hydrogen-bond acceptors (Lipinski definition) is 3. The number of aromatic amines is 1. The smallest absolute Gasteiger partial charge is 0.240 e. The normalized spacial score (nSPS) is 11.8.